The van der Waals surface area contributed by atoms with Crippen molar-refractivity contribution in [2.75, 3.05) is 12.4 Å². The van der Waals surface area contributed by atoms with Gasteiger partial charge in [-0.05, 0) is 43.7 Å². The molecule has 9 heteroatoms. The van der Waals surface area contributed by atoms with Gasteiger partial charge in [-0.15, -0.1) is 0 Å². The van der Waals surface area contributed by atoms with Crippen LogP contribution < -0.4 is 5.32 Å². The molecule has 1 aliphatic carbocycles. The molecule has 2 aromatic carbocycles. The fourth-order valence-corrected chi connectivity index (χ4v) is 4.23. The first-order valence-corrected chi connectivity index (χ1v) is 10.8. The van der Waals surface area contributed by atoms with E-state index in [1.165, 1.54) is 61.6 Å². The molecule has 3 aromatic rings. The van der Waals surface area contributed by atoms with E-state index in [-0.39, 0.29) is 16.9 Å². The number of nitrogens with zero attached hydrogens (tertiary/aromatic N) is 5. The fraction of sp³-hybridized carbons (Fsp3) is 0.348. The second-order valence-corrected chi connectivity index (χ2v) is 8.12. The summed E-state index contributed by atoms with van der Waals surface area (Å²) in [5.41, 5.74) is 1.97. The second kappa shape index (κ2) is 9.69. The predicted octanol–water partition coefficient (Wildman–Crippen LogP) is 4.19. The molecule has 0 unspecified atom stereocenters. The molecule has 0 aliphatic heterocycles. The summed E-state index contributed by atoms with van der Waals surface area (Å²) in [7, 11) is 2.13. The minimum absolute atomic E-state index is 0.205. The van der Waals surface area contributed by atoms with Crippen molar-refractivity contribution in [2.45, 2.75) is 44.7 Å². The summed E-state index contributed by atoms with van der Waals surface area (Å²) in [6.07, 6.45) is 8.90. The number of anilines is 1. The Bertz CT molecular complexity index is 1090. The lowest BCUT2D eigenvalue weighted by atomic mass is 9.94. The van der Waals surface area contributed by atoms with Crippen LogP contribution in [0.3, 0.4) is 0 Å². The maximum absolute atomic E-state index is 12.9. The molecule has 166 valence electrons. The van der Waals surface area contributed by atoms with Gasteiger partial charge in [-0.2, -0.15) is 5.10 Å². The molecule has 0 saturated heterocycles. The summed E-state index contributed by atoms with van der Waals surface area (Å²) in [6, 6.07) is 12.6. The Morgan fingerprint density at radius 2 is 2.00 bits per heavy atom. The van der Waals surface area contributed by atoms with Gasteiger partial charge in [-0.25, -0.2) is 9.67 Å². The van der Waals surface area contributed by atoms with Gasteiger partial charge < -0.3 is 5.32 Å². The molecule has 1 heterocycles. The van der Waals surface area contributed by atoms with Crippen LogP contribution in [0.25, 0.3) is 5.69 Å². The molecule has 32 heavy (non-hydrogen) atoms. The lowest BCUT2D eigenvalue weighted by Crippen LogP contribution is -2.33. The smallest absolute Gasteiger partial charge is 0.295 e. The molecular formula is C23H26N6O3. The minimum Gasteiger partial charge on any atom is -0.322 e. The van der Waals surface area contributed by atoms with Crippen molar-refractivity contribution < 1.29 is 9.72 Å². The standard InChI is InChI=1S/C23H26N6O3/c1-27(19-8-3-2-4-9-19)14-18-7-5-6-10-20(18)26-23(30)17-11-12-21(22(13-17)29(31)32)28-16-24-15-25-28/h5-7,10-13,15-16,19H,2-4,8-9,14H2,1H3,(H,26,30). The second-order valence-electron chi connectivity index (χ2n) is 8.12. The number of benzene rings is 2. The van der Waals surface area contributed by atoms with Gasteiger partial charge in [0.2, 0.25) is 0 Å². The Morgan fingerprint density at radius 1 is 1.22 bits per heavy atom. The molecule has 1 aromatic heterocycles. The van der Waals surface area contributed by atoms with Crippen LogP contribution in [0.5, 0.6) is 0 Å². The lowest BCUT2D eigenvalue weighted by molar-refractivity contribution is -0.384. The number of amides is 1. The van der Waals surface area contributed by atoms with Crippen LogP contribution in [0.2, 0.25) is 0 Å². The van der Waals surface area contributed by atoms with Crippen molar-refractivity contribution >= 4 is 17.3 Å². The van der Waals surface area contributed by atoms with E-state index in [1.54, 1.807) is 6.07 Å². The first kappa shape index (κ1) is 21.6. The zero-order chi connectivity index (χ0) is 22.5. The average Bonchev–Trinajstić information content (AvgIpc) is 3.35. The largest absolute Gasteiger partial charge is 0.322 e. The molecular weight excluding hydrogens is 408 g/mol. The van der Waals surface area contributed by atoms with E-state index in [0.29, 0.717) is 11.7 Å². The number of nitrogens with one attached hydrogen (secondary N) is 1. The van der Waals surface area contributed by atoms with E-state index >= 15 is 0 Å². The molecule has 9 nitrogen and oxygen atoms in total. The Hall–Kier alpha value is -3.59. The Morgan fingerprint density at radius 3 is 2.72 bits per heavy atom. The van der Waals surface area contributed by atoms with Crippen LogP contribution in [0.15, 0.2) is 55.1 Å². The van der Waals surface area contributed by atoms with Crippen molar-refractivity contribution in [2.24, 2.45) is 0 Å². The number of hydrogen-bond donors (Lipinski definition) is 1. The van der Waals surface area contributed by atoms with Crippen molar-refractivity contribution in [3.05, 3.63) is 76.4 Å². The highest BCUT2D eigenvalue weighted by molar-refractivity contribution is 6.05. The molecule has 1 saturated carbocycles. The molecule has 0 bridgehead atoms. The number of hydrogen-bond acceptors (Lipinski definition) is 6. The molecule has 1 amide bonds. The first-order valence-electron chi connectivity index (χ1n) is 10.8. The molecule has 1 aliphatic rings. The highest BCUT2D eigenvalue weighted by Crippen LogP contribution is 2.27. The third kappa shape index (κ3) is 4.83. The van der Waals surface area contributed by atoms with E-state index in [1.807, 2.05) is 24.3 Å². The van der Waals surface area contributed by atoms with E-state index in [9.17, 15) is 14.9 Å². The van der Waals surface area contributed by atoms with Crippen molar-refractivity contribution in [1.82, 2.24) is 19.7 Å². The molecule has 0 spiro atoms. The monoisotopic (exact) mass is 434 g/mol. The quantitative estimate of drug-likeness (QED) is 0.441. The highest BCUT2D eigenvalue weighted by atomic mass is 16.6. The average molecular weight is 435 g/mol. The zero-order valence-corrected chi connectivity index (χ0v) is 18.0. The van der Waals surface area contributed by atoms with E-state index < -0.39 is 10.8 Å². The molecule has 4 rings (SSSR count). The Labute approximate surface area is 186 Å². The third-order valence-electron chi connectivity index (χ3n) is 5.98. The van der Waals surface area contributed by atoms with Gasteiger partial charge in [0.25, 0.3) is 11.6 Å². The minimum atomic E-state index is -0.527. The maximum Gasteiger partial charge on any atom is 0.295 e. The SMILES string of the molecule is CN(Cc1ccccc1NC(=O)c1ccc(-n2cncn2)c([N+](=O)[O-])c1)C1CCCCC1. The van der Waals surface area contributed by atoms with Gasteiger partial charge in [0.05, 0.1) is 4.92 Å². The van der Waals surface area contributed by atoms with Crippen LogP contribution in [-0.2, 0) is 6.54 Å². The van der Waals surface area contributed by atoms with E-state index in [2.05, 4.69) is 27.3 Å². The summed E-state index contributed by atoms with van der Waals surface area (Å²) >= 11 is 0. The first-order chi connectivity index (χ1) is 15.5. The highest BCUT2D eigenvalue weighted by Gasteiger charge is 2.21. The Balaban J connectivity index is 1.53. The summed E-state index contributed by atoms with van der Waals surface area (Å²) in [6.45, 7) is 0.729. The van der Waals surface area contributed by atoms with Crippen LogP contribution in [-0.4, -0.2) is 43.6 Å². The maximum atomic E-state index is 12.9. The molecule has 0 radical (unpaired) electrons. The van der Waals surface area contributed by atoms with Crippen LogP contribution in [0, 0.1) is 10.1 Å². The fourth-order valence-electron chi connectivity index (χ4n) is 4.23. The number of aromatic nitrogens is 3. The number of carbonyl (C=O) groups excluding carboxylic acids is 1. The topological polar surface area (TPSA) is 106 Å². The summed E-state index contributed by atoms with van der Waals surface area (Å²) in [5.74, 6) is -0.397. The van der Waals surface area contributed by atoms with E-state index in [4.69, 9.17) is 0 Å². The van der Waals surface area contributed by atoms with Crippen LogP contribution in [0.1, 0.15) is 48.0 Å². The summed E-state index contributed by atoms with van der Waals surface area (Å²) in [4.78, 5) is 30.2. The van der Waals surface area contributed by atoms with Gasteiger partial charge in [-0.3, -0.25) is 19.8 Å². The number of rotatable bonds is 7. The van der Waals surface area contributed by atoms with Gasteiger partial charge in [0.1, 0.15) is 18.3 Å². The van der Waals surface area contributed by atoms with Gasteiger partial charge >= 0.3 is 0 Å². The van der Waals surface area contributed by atoms with Crippen LogP contribution >= 0.6 is 0 Å². The molecule has 1 fully saturated rings. The van der Waals surface area contributed by atoms with E-state index in [0.717, 1.165) is 12.1 Å². The van der Waals surface area contributed by atoms with Crippen LogP contribution in [0.4, 0.5) is 11.4 Å². The predicted molar refractivity (Wildman–Crippen MR) is 121 cm³/mol. The summed E-state index contributed by atoms with van der Waals surface area (Å²) in [5, 5.41) is 18.5. The number of carbonyl (C=O) groups is 1. The number of nitro benzene ring substituents is 1. The summed E-state index contributed by atoms with van der Waals surface area (Å²) < 4.78 is 1.30. The van der Waals surface area contributed by atoms with Crippen molar-refractivity contribution in [3.63, 3.8) is 0 Å². The lowest BCUT2D eigenvalue weighted by Gasteiger charge is -2.31. The van der Waals surface area contributed by atoms with Crippen molar-refractivity contribution in [1.29, 1.82) is 0 Å². The van der Waals surface area contributed by atoms with Gasteiger partial charge in [0, 0.05) is 29.9 Å². The van der Waals surface area contributed by atoms with Gasteiger partial charge in [0.15, 0.2) is 0 Å². The third-order valence-corrected chi connectivity index (χ3v) is 5.98. The molecule has 1 N–H and O–H groups in total. The number of nitro groups is 1. The zero-order valence-electron chi connectivity index (χ0n) is 18.0. The number of para-hydroxylation sites is 1. The Kier molecular flexibility index (Phi) is 6.55. The van der Waals surface area contributed by atoms with Gasteiger partial charge in [-0.1, -0.05) is 37.5 Å². The normalized spacial score (nSPS) is 14.4. The molecule has 0 atom stereocenters. The van der Waals surface area contributed by atoms with Crippen molar-refractivity contribution in [3.8, 4) is 5.69 Å².